The summed E-state index contributed by atoms with van der Waals surface area (Å²) in [4.78, 5) is 29.2. The molecule has 1 saturated carbocycles. The maximum absolute atomic E-state index is 13.9. The molecule has 1 fully saturated rings. The maximum atomic E-state index is 13.9. The number of rotatable bonds is 9. The summed E-state index contributed by atoms with van der Waals surface area (Å²) in [5.74, 6) is 1.04. The van der Waals surface area contributed by atoms with Crippen LogP contribution < -0.4 is 24.4 Å². The number of amides is 2. The number of carbonyl (C=O) groups excluding carboxylic acids is 2. The van der Waals surface area contributed by atoms with Crippen molar-refractivity contribution >= 4 is 17.5 Å². The fourth-order valence-electron chi connectivity index (χ4n) is 4.61. The molecule has 36 heavy (non-hydrogen) atoms. The van der Waals surface area contributed by atoms with Crippen LogP contribution in [0.15, 0.2) is 65.3 Å². The molecule has 8 nitrogen and oxygen atoms in total. The molecule has 1 aliphatic carbocycles. The van der Waals surface area contributed by atoms with Crippen LogP contribution in [0, 0.1) is 0 Å². The molecule has 1 aliphatic rings. The summed E-state index contributed by atoms with van der Waals surface area (Å²) in [5, 5.41) is 3.20. The second-order valence-corrected chi connectivity index (χ2v) is 8.71. The van der Waals surface area contributed by atoms with Gasteiger partial charge in [0, 0.05) is 11.7 Å². The first-order valence-electron chi connectivity index (χ1n) is 12.1. The first-order valence-corrected chi connectivity index (χ1v) is 12.1. The average Bonchev–Trinajstić information content (AvgIpc) is 3.47. The van der Waals surface area contributed by atoms with Gasteiger partial charge in [0.05, 0.1) is 27.6 Å². The van der Waals surface area contributed by atoms with Crippen LogP contribution in [0.3, 0.4) is 0 Å². The number of nitrogens with zero attached hydrogens (tertiary/aromatic N) is 1. The van der Waals surface area contributed by atoms with Crippen molar-refractivity contribution in [3.8, 4) is 17.2 Å². The Kier molecular flexibility index (Phi) is 8.15. The Labute approximate surface area is 211 Å². The van der Waals surface area contributed by atoms with Crippen LogP contribution in [0.2, 0.25) is 0 Å². The largest absolute Gasteiger partial charge is 0.497 e. The lowest BCUT2D eigenvalue weighted by Crippen LogP contribution is -2.47. The lowest BCUT2D eigenvalue weighted by atomic mass is 9.94. The molecular weight excluding hydrogens is 460 g/mol. The molecule has 4 rings (SSSR count). The van der Waals surface area contributed by atoms with E-state index in [-0.39, 0.29) is 17.7 Å². The van der Waals surface area contributed by atoms with E-state index < -0.39 is 11.9 Å². The quantitative estimate of drug-likeness (QED) is 0.445. The molecule has 1 aromatic heterocycles. The van der Waals surface area contributed by atoms with Gasteiger partial charge in [-0.3, -0.25) is 14.5 Å². The second kappa shape index (κ2) is 11.7. The number of ether oxygens (including phenoxy) is 3. The number of hydrogen-bond donors (Lipinski definition) is 1. The van der Waals surface area contributed by atoms with Crippen molar-refractivity contribution in [2.45, 2.75) is 44.2 Å². The number of hydrogen-bond acceptors (Lipinski definition) is 6. The number of nitrogens with one attached hydrogen (secondary N) is 1. The summed E-state index contributed by atoms with van der Waals surface area (Å²) in [6, 6.07) is 14.6. The van der Waals surface area contributed by atoms with Gasteiger partial charge in [0.1, 0.15) is 11.8 Å². The highest BCUT2D eigenvalue weighted by atomic mass is 16.5. The van der Waals surface area contributed by atoms with E-state index in [1.807, 2.05) is 0 Å². The van der Waals surface area contributed by atoms with E-state index in [0.717, 1.165) is 25.7 Å². The highest BCUT2D eigenvalue weighted by Crippen LogP contribution is 2.36. The predicted octanol–water partition coefficient (Wildman–Crippen LogP) is 5.14. The molecular formula is C28H32N2O6. The normalized spacial score (nSPS) is 14.5. The zero-order valence-electron chi connectivity index (χ0n) is 20.9. The lowest BCUT2D eigenvalue weighted by Gasteiger charge is -2.33. The lowest BCUT2D eigenvalue weighted by molar-refractivity contribution is -0.123. The third-order valence-corrected chi connectivity index (χ3v) is 6.48. The number of anilines is 1. The summed E-state index contributed by atoms with van der Waals surface area (Å²) >= 11 is 0. The Bertz CT molecular complexity index is 1150. The van der Waals surface area contributed by atoms with E-state index in [1.165, 1.54) is 24.7 Å². The number of carbonyl (C=O) groups is 2. The molecule has 0 bridgehead atoms. The van der Waals surface area contributed by atoms with Gasteiger partial charge in [-0.2, -0.15) is 0 Å². The molecule has 1 heterocycles. The van der Waals surface area contributed by atoms with Crippen LogP contribution >= 0.6 is 0 Å². The zero-order valence-corrected chi connectivity index (χ0v) is 20.9. The summed E-state index contributed by atoms with van der Waals surface area (Å²) in [6.45, 7) is 0. The summed E-state index contributed by atoms with van der Waals surface area (Å²) < 4.78 is 21.7. The highest BCUT2D eigenvalue weighted by molar-refractivity contribution is 6.08. The maximum Gasteiger partial charge on any atom is 0.294 e. The van der Waals surface area contributed by atoms with Crippen molar-refractivity contribution in [1.82, 2.24) is 5.32 Å². The third-order valence-electron chi connectivity index (χ3n) is 6.48. The standard InChI is InChI=1S/C28H32N2O6/c1-33-22-14-12-21(13-15-22)30(28(32)24-10-7-17-36-24)26(27(31)29-20-8-5-4-6-9-20)19-11-16-23(34-2)25(18-19)35-3/h7,10-18,20,26H,4-6,8-9H2,1-3H3,(H,29,31)/t26-/m1/s1. The summed E-state index contributed by atoms with van der Waals surface area (Å²) in [6.07, 6.45) is 6.57. The smallest absolute Gasteiger partial charge is 0.294 e. The molecule has 0 unspecified atom stereocenters. The molecule has 1 N–H and O–H groups in total. The number of benzene rings is 2. The highest BCUT2D eigenvalue weighted by Gasteiger charge is 2.36. The van der Waals surface area contributed by atoms with Crippen LogP contribution in [0.1, 0.15) is 54.3 Å². The van der Waals surface area contributed by atoms with Gasteiger partial charge < -0.3 is 23.9 Å². The monoisotopic (exact) mass is 492 g/mol. The van der Waals surface area contributed by atoms with E-state index in [9.17, 15) is 9.59 Å². The Balaban J connectivity index is 1.82. The van der Waals surface area contributed by atoms with Crippen molar-refractivity contribution in [2.75, 3.05) is 26.2 Å². The minimum Gasteiger partial charge on any atom is -0.497 e. The first kappa shape index (κ1) is 25.2. The van der Waals surface area contributed by atoms with E-state index in [1.54, 1.807) is 68.8 Å². The van der Waals surface area contributed by atoms with E-state index in [0.29, 0.717) is 28.5 Å². The second-order valence-electron chi connectivity index (χ2n) is 8.71. The molecule has 3 aromatic rings. The Morgan fingerprint density at radius 2 is 1.64 bits per heavy atom. The molecule has 190 valence electrons. The number of furan rings is 1. The zero-order chi connectivity index (χ0) is 25.5. The van der Waals surface area contributed by atoms with Crippen molar-refractivity contribution in [3.63, 3.8) is 0 Å². The Hall–Kier alpha value is -3.94. The van der Waals surface area contributed by atoms with Crippen LogP contribution in [0.25, 0.3) is 0 Å². The molecule has 0 spiro atoms. The van der Waals surface area contributed by atoms with Gasteiger partial charge >= 0.3 is 0 Å². The van der Waals surface area contributed by atoms with Gasteiger partial charge in [0.2, 0.25) is 5.91 Å². The molecule has 0 radical (unpaired) electrons. The third kappa shape index (κ3) is 5.48. The van der Waals surface area contributed by atoms with Gasteiger partial charge in [-0.1, -0.05) is 25.3 Å². The fraction of sp³-hybridized carbons (Fsp3) is 0.357. The van der Waals surface area contributed by atoms with E-state index >= 15 is 0 Å². The first-order chi connectivity index (χ1) is 17.5. The summed E-state index contributed by atoms with van der Waals surface area (Å²) in [7, 11) is 4.66. The molecule has 8 heteroatoms. The van der Waals surface area contributed by atoms with Crippen LogP contribution in [0.5, 0.6) is 17.2 Å². The minimum absolute atomic E-state index is 0.0605. The summed E-state index contributed by atoms with van der Waals surface area (Å²) in [5.41, 5.74) is 1.10. The average molecular weight is 493 g/mol. The van der Waals surface area contributed by atoms with Gasteiger partial charge in [0.15, 0.2) is 17.3 Å². The van der Waals surface area contributed by atoms with Crippen LogP contribution in [0.4, 0.5) is 5.69 Å². The fourth-order valence-corrected chi connectivity index (χ4v) is 4.61. The Morgan fingerprint density at radius 1 is 0.917 bits per heavy atom. The van der Waals surface area contributed by atoms with E-state index in [4.69, 9.17) is 18.6 Å². The van der Waals surface area contributed by atoms with Gasteiger partial charge in [-0.15, -0.1) is 0 Å². The van der Waals surface area contributed by atoms with Crippen LogP contribution in [-0.2, 0) is 4.79 Å². The molecule has 1 atom stereocenters. The van der Waals surface area contributed by atoms with Crippen LogP contribution in [-0.4, -0.2) is 39.2 Å². The van der Waals surface area contributed by atoms with Gasteiger partial charge in [-0.05, 0) is 66.9 Å². The van der Waals surface area contributed by atoms with E-state index in [2.05, 4.69) is 5.32 Å². The molecule has 0 aliphatic heterocycles. The van der Waals surface area contributed by atoms with Crippen molar-refractivity contribution < 1.29 is 28.2 Å². The Morgan fingerprint density at radius 3 is 2.25 bits per heavy atom. The molecule has 2 amide bonds. The van der Waals surface area contributed by atoms with Gasteiger partial charge in [-0.25, -0.2) is 0 Å². The predicted molar refractivity (Wildman–Crippen MR) is 136 cm³/mol. The SMILES string of the molecule is COc1ccc(N(C(=O)c2ccco2)[C@@H](C(=O)NC2CCCCC2)c2ccc(OC)c(OC)c2)cc1. The van der Waals surface area contributed by atoms with Gasteiger partial charge in [0.25, 0.3) is 5.91 Å². The minimum atomic E-state index is -0.988. The molecule has 2 aromatic carbocycles. The van der Waals surface area contributed by atoms with Crippen molar-refractivity contribution in [3.05, 3.63) is 72.2 Å². The topological polar surface area (TPSA) is 90.2 Å². The van der Waals surface area contributed by atoms with Crippen molar-refractivity contribution in [1.29, 1.82) is 0 Å². The van der Waals surface area contributed by atoms with Crippen molar-refractivity contribution in [2.24, 2.45) is 0 Å². The molecule has 0 saturated heterocycles. The number of methoxy groups -OCH3 is 3.